The Bertz CT molecular complexity index is 3610. The molecule has 0 N–H and O–H groups in total. The van der Waals surface area contributed by atoms with Gasteiger partial charge in [-0.2, -0.15) is 39.5 Å². The second kappa shape index (κ2) is 28.4. The Hall–Kier alpha value is -5.71. The first kappa shape index (κ1) is 72.0. The van der Waals surface area contributed by atoms with Gasteiger partial charge in [0.25, 0.3) is 0 Å². The van der Waals surface area contributed by atoms with Gasteiger partial charge in [0.05, 0.1) is 0 Å². The molecule has 0 saturated heterocycles. The van der Waals surface area contributed by atoms with Crippen LogP contribution in [0.15, 0.2) is 175 Å². The SMILES string of the molecule is Cc1cc(C)c([S+](c2ccc(-c3ccc([I+]c4ccc(-c5ccc([S+](c6c(C)cc(C)cc6C)c6c(C)cc(C)cc6C)cc5)cc4)cc3)cc2)c2c(C)cc(C)cc2C)c(C)c1.O=S(=O)([O-])C(F)(F)F.O=S(=O)([O-])C(F)(F)F.O=S(=O)([O-])C(F)(F)F. The van der Waals surface area contributed by atoms with E-state index in [4.69, 9.17) is 38.9 Å². The zero-order valence-corrected chi connectivity index (χ0v) is 55.1. The Balaban J connectivity index is 0.000000483. The highest BCUT2D eigenvalue weighted by Gasteiger charge is 2.40. The minimum atomic E-state index is -6.09. The van der Waals surface area contributed by atoms with E-state index in [1.54, 1.807) is 0 Å². The summed E-state index contributed by atoms with van der Waals surface area (Å²) in [6, 6.07) is 56.3. The van der Waals surface area contributed by atoms with Gasteiger partial charge in [-0.15, -0.1) is 0 Å². The van der Waals surface area contributed by atoms with Crippen LogP contribution >= 0.6 is 0 Å². The van der Waals surface area contributed by atoms with Gasteiger partial charge < -0.3 is 13.7 Å². The van der Waals surface area contributed by atoms with Gasteiger partial charge in [0.2, 0.25) is 0 Å². The predicted octanol–water partition coefficient (Wildman–Crippen LogP) is 13.2. The van der Waals surface area contributed by atoms with Gasteiger partial charge in [-0.25, -0.2) is 25.3 Å². The summed E-state index contributed by atoms with van der Waals surface area (Å²) in [5.41, 5.74) is 4.41. The van der Waals surface area contributed by atoms with Gasteiger partial charge >= 0.3 is 37.7 Å². The zero-order valence-electron chi connectivity index (χ0n) is 48.9. The Labute approximate surface area is 518 Å². The smallest absolute Gasteiger partial charge is 0.485 e. The third kappa shape index (κ3) is 18.9. The topological polar surface area (TPSA) is 172 Å². The van der Waals surface area contributed by atoms with Gasteiger partial charge in [-0.3, -0.25) is 0 Å². The number of rotatable bonds is 10. The van der Waals surface area contributed by atoms with E-state index in [0.29, 0.717) is 0 Å². The number of alkyl halides is 9. The molecule has 87 heavy (non-hydrogen) atoms. The van der Waals surface area contributed by atoms with Crippen LogP contribution in [-0.4, -0.2) is 55.4 Å². The van der Waals surface area contributed by atoms with E-state index in [1.807, 2.05) is 0 Å². The van der Waals surface area contributed by atoms with E-state index >= 15 is 0 Å². The van der Waals surface area contributed by atoms with Crippen molar-refractivity contribution < 1.29 is 99.6 Å². The Morgan fingerprint density at radius 1 is 0.299 bits per heavy atom. The average molecular weight is 1420 g/mol. The largest absolute Gasteiger partial charge is 0.741 e. The minimum absolute atomic E-state index is 0.201. The molecule has 0 radical (unpaired) electrons. The third-order valence-electron chi connectivity index (χ3n) is 12.8. The van der Waals surface area contributed by atoms with Gasteiger partial charge in [0.1, 0.15) is 21.8 Å². The van der Waals surface area contributed by atoms with Crippen molar-refractivity contribution in [2.75, 3.05) is 0 Å². The van der Waals surface area contributed by atoms with Crippen LogP contribution < -0.4 is 21.2 Å². The lowest BCUT2D eigenvalue weighted by molar-refractivity contribution is -0.597. The molecule has 0 spiro atoms. The number of halogens is 10. The molecule has 0 unspecified atom stereocenters. The van der Waals surface area contributed by atoms with E-state index < -0.39 is 46.9 Å². The van der Waals surface area contributed by atoms with E-state index in [2.05, 4.69) is 229 Å². The molecule has 0 saturated carbocycles. The summed E-state index contributed by atoms with van der Waals surface area (Å²) in [7, 11) is -18.7. The van der Waals surface area contributed by atoms with Crippen molar-refractivity contribution in [1.29, 1.82) is 0 Å². The molecule has 8 aromatic rings. The molecule has 0 amide bonds. The summed E-state index contributed by atoms with van der Waals surface area (Å²) in [5.74, 6) is 0. The van der Waals surface area contributed by atoms with Crippen LogP contribution in [0.4, 0.5) is 39.5 Å². The average Bonchev–Trinajstić information content (AvgIpc) is 1.20. The molecule has 8 aromatic carbocycles. The fourth-order valence-corrected chi connectivity index (χ4v) is 17.1. The molecule has 0 heterocycles. The van der Waals surface area contributed by atoms with Crippen molar-refractivity contribution in [3.8, 4) is 22.3 Å². The lowest BCUT2D eigenvalue weighted by Crippen LogP contribution is -3.61. The van der Waals surface area contributed by atoms with Crippen LogP contribution in [0.3, 0.4) is 0 Å². The van der Waals surface area contributed by atoms with Gasteiger partial charge in [0.15, 0.2) is 66.9 Å². The lowest BCUT2D eigenvalue weighted by Gasteiger charge is -2.17. The Kier molecular flexibility index (Phi) is 23.5. The maximum Gasteiger partial charge on any atom is 0.485 e. The molecule has 0 aliphatic rings. The van der Waals surface area contributed by atoms with Gasteiger partial charge in [-0.05, 0) is 202 Å². The van der Waals surface area contributed by atoms with Crippen molar-refractivity contribution in [2.45, 2.75) is 129 Å². The summed E-state index contributed by atoms with van der Waals surface area (Å²) in [6.07, 6.45) is 0. The fourth-order valence-electron chi connectivity index (χ4n) is 9.73. The predicted molar refractivity (Wildman–Crippen MR) is 315 cm³/mol. The fraction of sp³-hybridized carbons (Fsp3) is 0.238. The summed E-state index contributed by atoms with van der Waals surface area (Å²) >= 11 is -0.304. The highest BCUT2D eigenvalue weighted by Crippen LogP contribution is 2.42. The van der Waals surface area contributed by atoms with Crippen LogP contribution in [0, 0.1) is 90.2 Å². The summed E-state index contributed by atoms with van der Waals surface area (Å²) in [5, 5.41) is 0. The van der Waals surface area contributed by atoms with Gasteiger partial charge in [-0.1, -0.05) is 70.8 Å². The first-order chi connectivity index (χ1) is 39.9. The van der Waals surface area contributed by atoms with E-state index in [-0.39, 0.29) is 43.0 Å². The highest BCUT2D eigenvalue weighted by molar-refractivity contribution is 7.97. The second-order valence-corrected chi connectivity index (χ2v) is 31.3. The first-order valence-electron chi connectivity index (χ1n) is 25.8. The first-order valence-corrected chi connectivity index (χ1v) is 34.7. The van der Waals surface area contributed by atoms with Crippen LogP contribution in [-0.2, 0) is 52.1 Å². The van der Waals surface area contributed by atoms with Crippen molar-refractivity contribution in [2.24, 2.45) is 0 Å². The molecule has 0 bridgehead atoms. The van der Waals surface area contributed by atoms with E-state index in [9.17, 15) is 39.5 Å². The molecule has 0 aliphatic carbocycles. The number of hydrogen-bond acceptors (Lipinski definition) is 9. The van der Waals surface area contributed by atoms with Gasteiger partial charge in [0, 0.05) is 44.5 Å². The summed E-state index contributed by atoms with van der Waals surface area (Å²) < 4.78 is 180. The van der Waals surface area contributed by atoms with E-state index in [0.717, 1.165) is 0 Å². The second-order valence-electron chi connectivity index (χ2n) is 20.4. The van der Waals surface area contributed by atoms with Crippen molar-refractivity contribution in [1.82, 2.24) is 0 Å². The van der Waals surface area contributed by atoms with Crippen LogP contribution in [0.25, 0.3) is 22.3 Å². The van der Waals surface area contributed by atoms with E-state index in [1.165, 1.54) is 126 Å². The Morgan fingerprint density at radius 2 is 0.448 bits per heavy atom. The monoisotopic (exact) mass is 1420 g/mol. The molecule has 9 nitrogen and oxygen atoms in total. The molecule has 24 heteroatoms. The molecular formula is C63H60F9IO9S5. The molecule has 0 fully saturated rings. The van der Waals surface area contributed by atoms with Crippen molar-refractivity contribution in [3.05, 3.63) is 219 Å². The van der Waals surface area contributed by atoms with Crippen molar-refractivity contribution >= 4 is 52.1 Å². The van der Waals surface area contributed by atoms with Crippen molar-refractivity contribution in [3.63, 3.8) is 0 Å². The van der Waals surface area contributed by atoms with Crippen LogP contribution in [0.2, 0.25) is 0 Å². The van der Waals surface area contributed by atoms with Crippen LogP contribution in [0.1, 0.15) is 66.8 Å². The molecule has 8 rings (SSSR count). The normalized spacial score (nSPS) is 12.2. The highest BCUT2D eigenvalue weighted by atomic mass is 127. The molecule has 0 atom stereocenters. The zero-order chi connectivity index (χ0) is 65.7. The third-order valence-corrected chi connectivity index (χ3v) is 22.9. The van der Waals surface area contributed by atoms with Crippen LogP contribution in [0.5, 0.6) is 0 Å². The number of benzene rings is 8. The minimum Gasteiger partial charge on any atom is -0.741 e. The number of hydrogen-bond donors (Lipinski definition) is 0. The quantitative estimate of drug-likeness (QED) is 0.0425. The summed E-state index contributed by atoms with van der Waals surface area (Å²) in [4.78, 5) is 8.57. The number of aryl methyl sites for hydroxylation is 12. The lowest BCUT2D eigenvalue weighted by atomic mass is 10.1. The standard InChI is InChI=1S/C60H60IS2.3CHF3O3S/c1-37-29-41(5)57(42(6)30-37)62(58-43(7)31-38(2)32-44(58)8)55-25-17-51(18-26-55)49-13-21-53(22-14-49)61-54-23-15-50(16-24-54)52-19-27-56(28-20-52)63(59-45(9)33-39(3)34-46(59)10)60-47(11)35-40(4)36-48(60)12;3*2-1(3,4)8(5,6)7/h13-36H,1-12H3;3*(H,5,6,7)/q+3;;;/p-3. The molecule has 0 aliphatic heterocycles. The Morgan fingerprint density at radius 3 is 0.598 bits per heavy atom. The summed E-state index contributed by atoms with van der Waals surface area (Å²) in [6.45, 7) is 27.1. The maximum absolute atomic E-state index is 10.7. The maximum atomic E-state index is 10.7. The molecule has 466 valence electrons. The molecular weight excluding hydrogens is 1360 g/mol. The molecule has 0 aromatic heterocycles.